The number of carboxylic acids is 2. The van der Waals surface area contributed by atoms with Gasteiger partial charge in [-0.3, -0.25) is 29.5 Å². The number of rotatable bonds is 22. The molecule has 0 spiro atoms. The van der Waals surface area contributed by atoms with Crippen LogP contribution in [0.3, 0.4) is 0 Å². The Kier molecular flexibility index (Phi) is 44.8. The van der Waals surface area contributed by atoms with Gasteiger partial charge < -0.3 is 74.0 Å². The maximum atomic E-state index is 14.4. The number of ether oxygens (including phenoxy) is 8. The molecule has 698 valence electrons. The van der Waals surface area contributed by atoms with E-state index in [9.17, 15) is 95.3 Å². The van der Waals surface area contributed by atoms with E-state index in [1.54, 1.807) is 44.2 Å². The Hall–Kier alpha value is -9.05. The first-order valence-corrected chi connectivity index (χ1v) is 41.2. The highest BCUT2D eigenvalue weighted by Crippen LogP contribution is 2.31. The predicted octanol–water partition coefficient (Wildman–Crippen LogP) is 16.6. The van der Waals surface area contributed by atoms with Crippen LogP contribution < -0.4 is 11.6 Å². The molecule has 11 N–H and O–H groups in total. The Balaban J connectivity index is 0.000000271. The van der Waals surface area contributed by atoms with Crippen LogP contribution in [-0.2, 0) is 62.0 Å². The highest BCUT2D eigenvalue weighted by molar-refractivity contribution is 14.1. The van der Waals surface area contributed by atoms with E-state index < -0.39 is 159 Å². The number of aromatic carboxylic acids is 2. The lowest BCUT2D eigenvalue weighted by Crippen LogP contribution is -2.25. The van der Waals surface area contributed by atoms with Crippen molar-refractivity contribution in [2.24, 2.45) is 5.90 Å². The minimum Gasteiger partial charge on any atom is -0.478 e. The molecule has 3 saturated heterocycles. The Morgan fingerprint density at radius 2 is 0.829 bits per heavy atom. The SMILES string of the molecule is CC1(C)OC[C@H](CO)O1.CC1(C)OC[C@H](COCC(=O)c2ccc(F)c(F)c2Cc2ccc(I)cc2F)O1.CC1(C)OC[C@H](CON)O1.N=P.Nc1ccc(F)cc1F.O=C(COC[C@H](O)CO)c1ccc(F)c(F)c1Cc1ccc(I)cc1F.O=C(O)c1ccc(F)c(F)c1Cc1ccc(I)cc1F.O=C(O)c1ccc(F)c(F)c1F.O=C1c2ccccc2C(=O)N1O. The molecule has 2 amide bonds. The van der Waals surface area contributed by atoms with Crippen molar-refractivity contribution < 1.29 is 164 Å². The lowest BCUT2D eigenvalue weighted by atomic mass is 9.96. The molecule has 0 aromatic heterocycles. The van der Waals surface area contributed by atoms with Crippen molar-refractivity contribution in [2.45, 2.75) is 103 Å². The third-order valence-electron chi connectivity index (χ3n) is 17.5. The van der Waals surface area contributed by atoms with E-state index in [0.717, 1.165) is 42.5 Å². The van der Waals surface area contributed by atoms with Gasteiger partial charge >= 0.3 is 11.9 Å². The lowest BCUT2D eigenvalue weighted by Gasteiger charge is -2.17. The molecular weight excluding hydrogens is 2100 g/mol. The molecule has 129 heavy (non-hydrogen) atoms. The highest BCUT2D eigenvalue weighted by Gasteiger charge is 2.37. The largest absolute Gasteiger partial charge is 0.478 e. The number of nitrogens with one attached hydrogen (secondary N) is 1. The molecule has 0 aliphatic carbocycles. The quantitative estimate of drug-likeness (QED) is 0.00350. The smallest absolute Gasteiger partial charge is 0.338 e. The van der Waals surface area contributed by atoms with Crippen molar-refractivity contribution in [1.82, 2.24) is 5.06 Å². The molecule has 0 bridgehead atoms. The minimum atomic E-state index is -1.77. The molecule has 43 heteroatoms. The van der Waals surface area contributed by atoms with E-state index in [2.05, 4.69) is 13.9 Å². The van der Waals surface area contributed by atoms with Crippen molar-refractivity contribution in [2.75, 3.05) is 71.8 Å². The first-order chi connectivity index (χ1) is 60.6. The van der Waals surface area contributed by atoms with E-state index in [1.165, 1.54) is 60.7 Å². The third kappa shape index (κ3) is 34.2. The standard InChI is InChI=1S/C21H20F3IO4.C18H16F3IO4.C14H8F3IO2.C8H5NO3.C7H3F3O2.C6H5F2N.C6H13NO3.C6H12O3.H2NP/c1-21(2)28-10-14(29-21)9-27-11-19(26)15-5-6-17(22)20(24)16(15)7-12-3-4-13(25)8-18(12)23;19-15-4-3-13(17(25)9-26-8-12(24)7-23)14(18(15)21)5-10-1-2-11(22)6-16(10)20;15-11-4-3-9(14(19)20)10(13(11)17)5-7-1-2-8(18)6-12(7)16;10-7-5-3-1-2-4-6(5)8(11)9(7)12;8-4-2-1-3(7(11)12)5(9)6(4)10;7-4-1-2-6(9)5(8)3-4;1-6(2)8-3-5(10-6)4-9-7;1-6(2)8-4-5(3-7)9-6;1-2/h3-6,8,14H,7,9-11H2,1-2H3;1-4,6,12,23-24H,5,7-9H2;1-4,6H,5H2,(H,19,20);1-4,12H;1-2H,(H,11,12);1-3H,9H2;5H,3-4,7H2,1-2H3;5,7H,3-4H2,1-2H3;1-2H/t14-;12-;;;;;2*5-;/m01....10./s1. The Morgan fingerprint density at radius 3 is 1.16 bits per heavy atom. The second-order valence-electron chi connectivity index (χ2n) is 28.4. The zero-order valence-corrected chi connectivity index (χ0v) is 76.2. The topological polar surface area (TPSA) is 386 Å². The second-order valence-corrected chi connectivity index (χ2v) is 32.2. The van der Waals surface area contributed by atoms with Crippen LogP contribution in [0, 0.1) is 97.3 Å². The van der Waals surface area contributed by atoms with Crippen LogP contribution in [0.25, 0.3) is 0 Å². The third-order valence-corrected chi connectivity index (χ3v) is 19.6. The number of hydrogen-bond acceptors (Lipinski definition) is 22. The summed E-state index contributed by atoms with van der Waals surface area (Å²) in [6.07, 6.45) is -2.47. The summed E-state index contributed by atoms with van der Waals surface area (Å²) in [5.41, 5.74) is 3.69. The van der Waals surface area contributed by atoms with Crippen molar-refractivity contribution in [1.29, 1.82) is 5.16 Å². The fourth-order valence-corrected chi connectivity index (χ4v) is 12.7. The predicted molar refractivity (Wildman–Crippen MR) is 461 cm³/mol. The average Bonchev–Trinajstić information content (AvgIpc) is 1.73. The number of halogens is 17. The maximum absolute atomic E-state index is 14.4. The number of aliphatic hydroxyl groups excluding tert-OH is 3. The van der Waals surface area contributed by atoms with Crippen LogP contribution in [0.15, 0.2) is 146 Å². The summed E-state index contributed by atoms with van der Waals surface area (Å²) in [4.78, 5) is 72.6. The Morgan fingerprint density at radius 1 is 0.473 bits per heavy atom. The number of Topliss-reactive ketones (excluding diaryl/α,β-unsaturated/α-hetero) is 2. The van der Waals surface area contributed by atoms with Crippen LogP contribution in [0.5, 0.6) is 0 Å². The number of aliphatic hydroxyl groups is 3. The fourth-order valence-electron chi connectivity index (χ4n) is 11.4. The van der Waals surface area contributed by atoms with Gasteiger partial charge in [0.25, 0.3) is 11.8 Å². The monoisotopic (exact) mass is 2190 g/mol. The number of fused-ring (bicyclic) bond motifs is 1. The van der Waals surface area contributed by atoms with Crippen LogP contribution in [0.2, 0.25) is 0 Å². The number of ketones is 2. The normalized spacial score (nSPS) is 15.9. The second kappa shape index (κ2) is 52.3. The molecule has 3 fully saturated rings. The van der Waals surface area contributed by atoms with Crippen molar-refractivity contribution in [3.05, 3.63) is 305 Å². The van der Waals surface area contributed by atoms with Gasteiger partial charge in [-0.25, -0.2) is 77.0 Å². The van der Waals surface area contributed by atoms with Crippen LogP contribution in [0.1, 0.15) is 137 Å². The van der Waals surface area contributed by atoms with E-state index >= 15 is 0 Å². The zero-order valence-electron chi connectivity index (χ0n) is 68.7. The van der Waals surface area contributed by atoms with Gasteiger partial charge in [-0.2, -0.15) is 0 Å². The first-order valence-electron chi connectivity index (χ1n) is 37.5. The molecule has 0 unspecified atom stereocenters. The van der Waals surface area contributed by atoms with Gasteiger partial charge in [0.2, 0.25) is 0 Å². The summed E-state index contributed by atoms with van der Waals surface area (Å²) in [6, 6.07) is 29.3. The molecular formula is C86H84F14I3N4O21P. The number of anilines is 1. The number of carbonyl (C=O) groups excluding carboxylic acids is 4. The number of imide groups is 1. The van der Waals surface area contributed by atoms with Crippen LogP contribution >= 0.6 is 76.8 Å². The molecule has 4 aliphatic heterocycles. The van der Waals surface area contributed by atoms with E-state index in [-0.39, 0.29) is 136 Å². The number of nitrogens with zero attached hydrogens (tertiary/aromatic N) is 1. The van der Waals surface area contributed by atoms with Gasteiger partial charge in [-0.15, -0.1) is 5.06 Å². The van der Waals surface area contributed by atoms with Gasteiger partial charge in [0, 0.05) is 63.9 Å². The molecule has 0 saturated carbocycles. The summed E-state index contributed by atoms with van der Waals surface area (Å²) in [5, 5.41) is 58.3. The summed E-state index contributed by atoms with van der Waals surface area (Å²) in [7, 11) is 2.22. The molecule has 0 radical (unpaired) electrons. The summed E-state index contributed by atoms with van der Waals surface area (Å²) in [5.74, 6) is -17.2. The van der Waals surface area contributed by atoms with Crippen LogP contribution in [0.4, 0.5) is 67.2 Å². The number of hydrogen-bond donors (Lipinski definition) is 9. The van der Waals surface area contributed by atoms with E-state index in [1.807, 2.05) is 95.5 Å². The minimum absolute atomic E-state index is 0.0139. The number of carboxylic acid groups (broad SMARTS) is 2. The number of nitrogen functional groups attached to an aromatic ring is 1. The molecule has 4 heterocycles. The highest BCUT2D eigenvalue weighted by atomic mass is 127. The Bertz CT molecular complexity index is 5360. The maximum Gasteiger partial charge on any atom is 0.338 e. The summed E-state index contributed by atoms with van der Waals surface area (Å²) in [6.45, 7) is 11.3. The molecule has 13 rings (SSSR count). The number of amides is 2. The number of benzene rings is 9. The molecule has 9 aromatic carbocycles. The molecule has 4 atom stereocenters. The van der Waals surface area contributed by atoms with Crippen molar-refractivity contribution in [3.8, 4) is 0 Å². The van der Waals surface area contributed by atoms with Gasteiger partial charge in [-0.05, 0) is 244 Å². The number of nitrogens with two attached hydrogens (primary N) is 2. The first kappa shape index (κ1) is 110. The van der Waals surface area contributed by atoms with Gasteiger partial charge in [0.1, 0.15) is 66.7 Å². The Labute approximate surface area is 771 Å². The number of hydroxylamine groups is 2. The van der Waals surface area contributed by atoms with Gasteiger partial charge in [0.15, 0.2) is 81.3 Å². The fraction of sp³-hybridized carbons (Fsp3) is 0.302. The van der Waals surface area contributed by atoms with Crippen LogP contribution in [-0.4, -0.2) is 179 Å². The van der Waals surface area contributed by atoms with Gasteiger partial charge in [-0.1, -0.05) is 30.3 Å². The molecule has 25 nitrogen and oxygen atoms in total. The zero-order chi connectivity index (χ0) is 96.7. The van der Waals surface area contributed by atoms with Crippen molar-refractivity contribution >= 4 is 118 Å². The van der Waals surface area contributed by atoms with Gasteiger partial charge in [0.05, 0.1) is 80.8 Å². The van der Waals surface area contributed by atoms with E-state index in [4.69, 9.17) is 80.3 Å². The average molecular weight is 2190 g/mol. The lowest BCUT2D eigenvalue weighted by molar-refractivity contribution is -0.145. The molecule has 9 aromatic rings. The van der Waals surface area contributed by atoms with E-state index in [0.29, 0.717) is 49.3 Å². The molecule has 4 aliphatic rings. The van der Waals surface area contributed by atoms with Crippen molar-refractivity contribution in [3.63, 3.8) is 0 Å². The summed E-state index contributed by atoms with van der Waals surface area (Å²) < 4.78 is 231. The number of carbonyl (C=O) groups is 6. The summed E-state index contributed by atoms with van der Waals surface area (Å²) >= 11 is 5.79.